The van der Waals surface area contributed by atoms with E-state index in [2.05, 4.69) is 25.6 Å². The van der Waals surface area contributed by atoms with Gasteiger partial charge in [-0.2, -0.15) is 0 Å². The number of anilines is 2. The lowest BCUT2D eigenvalue weighted by atomic mass is 10.1. The quantitative estimate of drug-likeness (QED) is 0.159. The van der Waals surface area contributed by atoms with E-state index in [1.54, 1.807) is 24.3 Å². The molecule has 0 spiro atoms. The van der Waals surface area contributed by atoms with Gasteiger partial charge in [-0.1, -0.05) is 13.3 Å². The van der Waals surface area contributed by atoms with Crippen LogP contribution in [0.4, 0.5) is 16.3 Å². The highest BCUT2D eigenvalue weighted by atomic mass is 16.6. The number of esters is 1. The number of aromatic nitrogens is 4. The first kappa shape index (κ1) is 29.1. The van der Waals surface area contributed by atoms with Crippen LogP contribution in [0, 0.1) is 0 Å². The first-order valence-electron chi connectivity index (χ1n) is 13.2. The van der Waals surface area contributed by atoms with Crippen LogP contribution in [0.2, 0.25) is 0 Å². The number of urea groups is 1. The number of nitrogen functional groups attached to an aromatic ring is 1. The van der Waals surface area contributed by atoms with Crippen LogP contribution in [-0.4, -0.2) is 98.2 Å². The number of nitrogens with one attached hydrogen (secondary N) is 2. The number of hydrogen-bond acceptors (Lipinski definition) is 11. The summed E-state index contributed by atoms with van der Waals surface area (Å²) in [5.74, 6) is -0.169. The van der Waals surface area contributed by atoms with Crippen LogP contribution in [0.3, 0.4) is 0 Å². The van der Waals surface area contributed by atoms with E-state index >= 15 is 0 Å². The summed E-state index contributed by atoms with van der Waals surface area (Å²) < 4.78 is 12.7. The number of benzene rings is 1. The molecule has 3 aromatic rings. The van der Waals surface area contributed by atoms with Crippen LogP contribution in [0.25, 0.3) is 11.2 Å². The lowest BCUT2D eigenvalue weighted by Gasteiger charge is -2.22. The number of rotatable bonds is 12. The second kappa shape index (κ2) is 13.5. The zero-order valence-corrected chi connectivity index (χ0v) is 22.6. The van der Waals surface area contributed by atoms with Crippen molar-refractivity contribution in [2.75, 3.05) is 44.3 Å². The van der Waals surface area contributed by atoms with E-state index in [0.717, 1.165) is 12.8 Å². The smallest absolute Gasteiger partial charge is 0.338 e. The molecule has 0 aliphatic carbocycles. The van der Waals surface area contributed by atoms with Gasteiger partial charge in [0.15, 0.2) is 17.7 Å². The number of unbranched alkanes of at least 4 members (excludes halogenated alkanes) is 1. The third kappa shape index (κ3) is 7.01. The highest BCUT2D eigenvalue weighted by Crippen LogP contribution is 2.32. The normalized spacial score (nSPS) is 20.6. The van der Waals surface area contributed by atoms with Crippen molar-refractivity contribution in [2.45, 2.75) is 50.7 Å². The summed E-state index contributed by atoms with van der Waals surface area (Å²) in [6.07, 6.45) is 1.34. The third-order valence-electron chi connectivity index (χ3n) is 6.60. The van der Waals surface area contributed by atoms with Gasteiger partial charge >= 0.3 is 12.0 Å². The second-order valence-corrected chi connectivity index (χ2v) is 9.69. The number of hydrogen-bond donors (Lipinski definition) is 5. The summed E-state index contributed by atoms with van der Waals surface area (Å²) in [6, 6.07) is 6.15. The van der Waals surface area contributed by atoms with Crippen molar-refractivity contribution in [2.24, 2.45) is 0 Å². The predicted molar refractivity (Wildman–Crippen MR) is 146 cm³/mol. The first-order chi connectivity index (χ1) is 19.3. The molecule has 1 fully saturated rings. The number of fused-ring (bicyclic) bond motifs is 1. The van der Waals surface area contributed by atoms with Gasteiger partial charge in [-0.25, -0.2) is 24.5 Å². The highest BCUT2D eigenvalue weighted by Gasteiger charge is 2.44. The van der Waals surface area contributed by atoms with E-state index in [4.69, 9.17) is 15.2 Å². The Labute approximate surface area is 231 Å². The van der Waals surface area contributed by atoms with E-state index in [1.165, 1.54) is 17.2 Å². The molecule has 6 N–H and O–H groups in total. The minimum absolute atomic E-state index is 0.216. The van der Waals surface area contributed by atoms with Crippen molar-refractivity contribution in [3.63, 3.8) is 0 Å². The summed E-state index contributed by atoms with van der Waals surface area (Å²) in [7, 11) is 1.87. The average molecular weight is 557 g/mol. The maximum atomic E-state index is 12.2. The van der Waals surface area contributed by atoms with Crippen molar-refractivity contribution in [1.82, 2.24) is 29.7 Å². The molecule has 14 heteroatoms. The number of aliphatic hydroxyl groups excluding tert-OH is 2. The Morgan fingerprint density at radius 3 is 2.67 bits per heavy atom. The largest absolute Gasteiger partial charge is 0.462 e. The number of amides is 2. The molecule has 14 nitrogen and oxygen atoms in total. The maximum Gasteiger partial charge on any atom is 0.338 e. The Balaban J connectivity index is 1.17. The molecule has 3 heterocycles. The van der Waals surface area contributed by atoms with Crippen molar-refractivity contribution < 1.29 is 29.3 Å². The van der Waals surface area contributed by atoms with Crippen LogP contribution in [0.15, 0.2) is 36.9 Å². The molecule has 4 atom stereocenters. The van der Waals surface area contributed by atoms with Gasteiger partial charge in [0, 0.05) is 18.8 Å². The zero-order chi connectivity index (χ0) is 28.6. The molecule has 0 radical (unpaired) electrons. The molecule has 1 aliphatic heterocycles. The Morgan fingerprint density at radius 2 is 1.93 bits per heavy atom. The van der Waals surface area contributed by atoms with Gasteiger partial charge in [-0.3, -0.25) is 4.57 Å². The molecule has 0 unspecified atom stereocenters. The lowest BCUT2D eigenvalue weighted by Crippen LogP contribution is -2.39. The summed E-state index contributed by atoms with van der Waals surface area (Å²) in [5, 5.41) is 26.8. The van der Waals surface area contributed by atoms with Gasteiger partial charge in [0.1, 0.15) is 30.2 Å². The van der Waals surface area contributed by atoms with E-state index in [0.29, 0.717) is 55.1 Å². The number of ether oxygens (including phenoxy) is 2. The van der Waals surface area contributed by atoms with Crippen LogP contribution in [0.1, 0.15) is 42.8 Å². The number of nitrogens with zero attached hydrogens (tertiary/aromatic N) is 5. The Hall–Kier alpha value is -3.85. The average Bonchev–Trinajstić information content (AvgIpc) is 3.49. The summed E-state index contributed by atoms with van der Waals surface area (Å²) >= 11 is 0. The van der Waals surface area contributed by atoms with Crippen molar-refractivity contribution >= 4 is 34.7 Å². The molecule has 1 aromatic carbocycles. The molecule has 1 saturated heterocycles. The molecular formula is C26H36N8O6. The number of carbonyl (C=O) groups is 2. The maximum absolute atomic E-state index is 12.2. The fourth-order valence-electron chi connectivity index (χ4n) is 4.37. The van der Waals surface area contributed by atoms with Gasteiger partial charge < -0.3 is 41.0 Å². The zero-order valence-electron chi connectivity index (χ0n) is 22.6. The highest BCUT2D eigenvalue weighted by molar-refractivity contribution is 5.92. The van der Waals surface area contributed by atoms with E-state index in [-0.39, 0.29) is 17.8 Å². The van der Waals surface area contributed by atoms with Crippen LogP contribution in [0.5, 0.6) is 0 Å². The standard InChI is InChI=1S/C26H36N8O6/c1-3-4-12-39-25(37)16-6-8-17(9-7-16)32-26(38)28-10-5-11-33(2)13-18-20(35)21(36)24(40-18)34-15-31-19-22(27)29-14-30-23(19)34/h6-9,14-15,18,20-21,24,35-36H,3-5,10-13H2,1-2H3,(H2,27,29,30)(H2,28,32,38)/t18-,20+,21-,24-/m1/s1. The number of likely N-dealkylation sites (N-methyl/N-ethyl adjacent to an activating group) is 1. The van der Waals surface area contributed by atoms with E-state index in [9.17, 15) is 19.8 Å². The number of carbonyl (C=O) groups excluding carboxylic acids is 2. The Morgan fingerprint density at radius 1 is 1.15 bits per heavy atom. The topological polar surface area (TPSA) is 190 Å². The van der Waals surface area contributed by atoms with Gasteiger partial charge in [-0.05, 0) is 50.7 Å². The van der Waals surface area contributed by atoms with Crippen molar-refractivity contribution in [1.29, 1.82) is 0 Å². The molecule has 4 rings (SSSR count). The van der Waals surface area contributed by atoms with Gasteiger partial charge in [0.05, 0.1) is 18.5 Å². The summed E-state index contributed by atoms with van der Waals surface area (Å²) in [5.41, 5.74) is 7.62. The first-order valence-corrected chi connectivity index (χ1v) is 13.2. The molecular weight excluding hydrogens is 520 g/mol. The molecule has 0 bridgehead atoms. The molecule has 2 aromatic heterocycles. The fraction of sp³-hybridized carbons (Fsp3) is 0.500. The minimum Gasteiger partial charge on any atom is -0.462 e. The fourth-order valence-corrected chi connectivity index (χ4v) is 4.37. The van der Waals surface area contributed by atoms with Gasteiger partial charge in [-0.15, -0.1) is 0 Å². The molecule has 2 amide bonds. The molecule has 40 heavy (non-hydrogen) atoms. The monoisotopic (exact) mass is 556 g/mol. The van der Waals surface area contributed by atoms with E-state index < -0.39 is 24.5 Å². The van der Waals surface area contributed by atoms with E-state index in [1.807, 2.05) is 18.9 Å². The molecule has 216 valence electrons. The van der Waals surface area contributed by atoms with Crippen molar-refractivity contribution in [3.8, 4) is 0 Å². The number of imidazole rings is 1. The summed E-state index contributed by atoms with van der Waals surface area (Å²) in [4.78, 5) is 38.4. The van der Waals surface area contributed by atoms with Crippen LogP contribution < -0.4 is 16.4 Å². The minimum atomic E-state index is -1.18. The Kier molecular flexibility index (Phi) is 9.82. The Bertz CT molecular complexity index is 1290. The van der Waals surface area contributed by atoms with Crippen LogP contribution >= 0.6 is 0 Å². The van der Waals surface area contributed by atoms with Crippen LogP contribution in [-0.2, 0) is 9.47 Å². The van der Waals surface area contributed by atoms with Crippen molar-refractivity contribution in [3.05, 3.63) is 42.5 Å². The summed E-state index contributed by atoms with van der Waals surface area (Å²) in [6.45, 7) is 3.80. The molecule has 1 aliphatic rings. The second-order valence-electron chi connectivity index (χ2n) is 9.69. The third-order valence-corrected chi connectivity index (χ3v) is 6.60. The lowest BCUT2D eigenvalue weighted by molar-refractivity contribution is -0.0421. The SMILES string of the molecule is CCCCOC(=O)c1ccc(NC(=O)NCCCN(C)C[C@H]2O[C@@H](n3cnc4c(N)ncnc43)[C@H](O)[C@H]2O)cc1. The number of aliphatic hydroxyl groups is 2. The predicted octanol–water partition coefficient (Wildman–Crippen LogP) is 1.13. The molecule has 0 saturated carbocycles. The van der Waals surface area contributed by atoms with Gasteiger partial charge in [0.25, 0.3) is 0 Å². The number of nitrogens with two attached hydrogens (primary N) is 1. The van der Waals surface area contributed by atoms with Gasteiger partial charge in [0.2, 0.25) is 0 Å².